The molecule has 0 amide bonds. The van der Waals surface area contributed by atoms with Gasteiger partial charge in [-0.15, -0.1) is 11.8 Å². The molecular formula is C22H21F7N2OS. The van der Waals surface area contributed by atoms with Crippen LogP contribution in [0.15, 0.2) is 41.4 Å². The Morgan fingerprint density at radius 2 is 1.70 bits per heavy atom. The van der Waals surface area contributed by atoms with Crippen molar-refractivity contribution in [1.29, 1.82) is 0 Å². The summed E-state index contributed by atoms with van der Waals surface area (Å²) in [6.45, 7) is 3.54. The Kier molecular flexibility index (Phi) is 7.50. The third-order valence-corrected chi connectivity index (χ3v) is 6.03. The predicted molar refractivity (Wildman–Crippen MR) is 114 cm³/mol. The highest BCUT2D eigenvalue weighted by molar-refractivity contribution is 8.14. The summed E-state index contributed by atoms with van der Waals surface area (Å²) in [6.07, 6.45) is -9.27. The molecule has 1 heterocycles. The number of alkyl halides is 6. The minimum atomic E-state index is -4.94. The van der Waals surface area contributed by atoms with Gasteiger partial charge in [0.05, 0.1) is 17.2 Å². The third-order valence-electron chi connectivity index (χ3n) is 4.92. The molecule has 0 spiro atoms. The van der Waals surface area contributed by atoms with Gasteiger partial charge in [0.2, 0.25) is 0 Å². The highest BCUT2D eigenvalue weighted by atomic mass is 32.2. The minimum absolute atomic E-state index is 0.0436. The molecular weight excluding hydrogens is 473 g/mol. The molecule has 0 aliphatic carbocycles. The second kappa shape index (κ2) is 9.82. The number of hydrogen-bond acceptors (Lipinski definition) is 4. The Morgan fingerprint density at radius 1 is 1.06 bits per heavy atom. The maximum Gasteiger partial charge on any atom is 0.416 e. The van der Waals surface area contributed by atoms with E-state index in [1.54, 1.807) is 6.07 Å². The molecule has 0 saturated carbocycles. The number of nitrogens with zero attached hydrogens (tertiary/aromatic N) is 1. The van der Waals surface area contributed by atoms with Crippen LogP contribution in [-0.4, -0.2) is 29.5 Å². The zero-order valence-electron chi connectivity index (χ0n) is 17.6. The summed E-state index contributed by atoms with van der Waals surface area (Å²) in [4.78, 5) is 4.46. The molecule has 3 rings (SSSR count). The van der Waals surface area contributed by atoms with Gasteiger partial charge in [0, 0.05) is 17.5 Å². The van der Waals surface area contributed by atoms with Gasteiger partial charge in [-0.3, -0.25) is 4.99 Å². The Balaban J connectivity index is 1.62. The number of halogens is 7. The fourth-order valence-corrected chi connectivity index (χ4v) is 4.27. The van der Waals surface area contributed by atoms with E-state index in [0.717, 1.165) is 5.56 Å². The van der Waals surface area contributed by atoms with Crippen LogP contribution in [0.3, 0.4) is 0 Å². The second-order valence-corrected chi connectivity index (χ2v) is 8.85. The number of rotatable bonds is 7. The first kappa shape index (κ1) is 25.2. The van der Waals surface area contributed by atoms with Gasteiger partial charge in [-0.2, -0.15) is 26.3 Å². The van der Waals surface area contributed by atoms with E-state index in [1.807, 2.05) is 13.8 Å². The van der Waals surface area contributed by atoms with Gasteiger partial charge in [-0.05, 0) is 56.2 Å². The van der Waals surface area contributed by atoms with Crippen molar-refractivity contribution in [2.24, 2.45) is 4.99 Å². The van der Waals surface area contributed by atoms with Gasteiger partial charge in [0.25, 0.3) is 0 Å². The van der Waals surface area contributed by atoms with Crippen LogP contribution < -0.4 is 10.1 Å². The van der Waals surface area contributed by atoms with Crippen LogP contribution in [0.2, 0.25) is 0 Å². The number of aryl methyl sites for hydroxylation is 1. The van der Waals surface area contributed by atoms with E-state index in [4.69, 9.17) is 4.74 Å². The standard InChI is InChI=1S/C22H21F7N2OS/c1-12-3-4-16(23)9-19(12)30-13(2)5-17-11-33-20(31-17)10-32-18-7-14(21(24,25)26)6-15(8-18)22(27,28)29/h3-4,6-9,13,17,30H,5,10-11H2,1-2H3. The van der Waals surface area contributed by atoms with Crippen LogP contribution in [0.25, 0.3) is 0 Å². The van der Waals surface area contributed by atoms with E-state index >= 15 is 0 Å². The van der Waals surface area contributed by atoms with Gasteiger partial charge < -0.3 is 10.1 Å². The Hall–Kier alpha value is -2.43. The smallest absolute Gasteiger partial charge is 0.416 e. The number of benzene rings is 2. The topological polar surface area (TPSA) is 33.6 Å². The largest absolute Gasteiger partial charge is 0.487 e. The summed E-state index contributed by atoms with van der Waals surface area (Å²) in [5.41, 5.74) is -1.30. The molecule has 33 heavy (non-hydrogen) atoms. The highest BCUT2D eigenvalue weighted by Crippen LogP contribution is 2.38. The van der Waals surface area contributed by atoms with Crippen LogP contribution in [0.4, 0.5) is 36.4 Å². The summed E-state index contributed by atoms with van der Waals surface area (Å²) in [5.74, 6) is -0.281. The zero-order chi connectivity index (χ0) is 24.4. The summed E-state index contributed by atoms with van der Waals surface area (Å²) in [5, 5.41) is 3.71. The Bertz CT molecular complexity index is 989. The monoisotopic (exact) mass is 494 g/mol. The van der Waals surface area contributed by atoms with Gasteiger partial charge in [-0.1, -0.05) is 6.07 Å². The van der Waals surface area contributed by atoms with Gasteiger partial charge in [0.1, 0.15) is 23.2 Å². The molecule has 2 atom stereocenters. The molecule has 0 fully saturated rings. The molecule has 2 unspecified atom stereocenters. The van der Waals surface area contributed by atoms with Crippen LogP contribution in [0, 0.1) is 12.7 Å². The molecule has 1 aliphatic rings. The number of hydrogen-bond donors (Lipinski definition) is 1. The molecule has 180 valence electrons. The minimum Gasteiger partial charge on any atom is -0.487 e. The highest BCUT2D eigenvalue weighted by Gasteiger charge is 2.37. The van der Waals surface area contributed by atoms with Crippen molar-refractivity contribution in [1.82, 2.24) is 0 Å². The molecule has 0 radical (unpaired) electrons. The summed E-state index contributed by atoms with van der Waals surface area (Å²) < 4.78 is 96.5. The first-order valence-electron chi connectivity index (χ1n) is 9.95. The first-order valence-corrected chi connectivity index (χ1v) is 10.9. The first-order chi connectivity index (χ1) is 15.3. The Labute approximate surface area is 190 Å². The fourth-order valence-electron chi connectivity index (χ4n) is 3.31. The van der Waals surface area contributed by atoms with E-state index in [1.165, 1.54) is 23.9 Å². The average Bonchev–Trinajstić information content (AvgIpc) is 3.15. The average molecular weight is 494 g/mol. The number of anilines is 1. The van der Waals surface area contributed by atoms with E-state index < -0.39 is 29.2 Å². The molecule has 0 saturated heterocycles. The van der Waals surface area contributed by atoms with E-state index in [0.29, 0.717) is 35.0 Å². The Morgan fingerprint density at radius 3 is 2.30 bits per heavy atom. The van der Waals surface area contributed by atoms with Gasteiger partial charge >= 0.3 is 12.4 Å². The number of ether oxygens (including phenoxy) is 1. The number of nitrogens with one attached hydrogen (secondary N) is 1. The van der Waals surface area contributed by atoms with Crippen molar-refractivity contribution < 1.29 is 35.5 Å². The number of aliphatic imine (C=N–C) groups is 1. The quantitative estimate of drug-likeness (QED) is 0.423. The third kappa shape index (κ3) is 7.02. The van der Waals surface area contributed by atoms with Crippen molar-refractivity contribution in [3.8, 4) is 5.75 Å². The second-order valence-electron chi connectivity index (χ2n) is 7.76. The lowest BCUT2D eigenvalue weighted by atomic mass is 10.1. The van der Waals surface area contributed by atoms with Crippen molar-refractivity contribution in [3.63, 3.8) is 0 Å². The fraction of sp³-hybridized carbons (Fsp3) is 0.409. The summed E-state index contributed by atoms with van der Waals surface area (Å²) >= 11 is 1.34. The molecule has 11 heteroatoms. The van der Waals surface area contributed by atoms with Crippen molar-refractivity contribution in [3.05, 3.63) is 58.9 Å². The molecule has 2 aromatic carbocycles. The summed E-state index contributed by atoms with van der Waals surface area (Å²) in [6, 6.07) is 5.43. The molecule has 1 N–H and O–H groups in total. The molecule has 0 bridgehead atoms. The molecule has 2 aromatic rings. The van der Waals surface area contributed by atoms with Crippen molar-refractivity contribution >= 4 is 22.5 Å². The van der Waals surface area contributed by atoms with E-state index in [2.05, 4.69) is 10.3 Å². The van der Waals surface area contributed by atoms with E-state index in [9.17, 15) is 30.7 Å². The SMILES string of the molecule is Cc1ccc(F)cc1NC(C)CC1CSC(COc2cc(C(F)(F)F)cc(C(F)(F)F)c2)=N1. The van der Waals surface area contributed by atoms with Gasteiger partial charge in [-0.25, -0.2) is 4.39 Å². The van der Waals surface area contributed by atoms with Crippen LogP contribution in [0.5, 0.6) is 5.75 Å². The number of thioether (sulfide) groups is 1. The maximum absolute atomic E-state index is 13.5. The molecule has 1 aliphatic heterocycles. The van der Waals surface area contributed by atoms with Gasteiger partial charge in [0.15, 0.2) is 0 Å². The zero-order valence-corrected chi connectivity index (χ0v) is 18.5. The van der Waals surface area contributed by atoms with Crippen molar-refractivity contribution in [2.45, 2.75) is 44.7 Å². The predicted octanol–water partition coefficient (Wildman–Crippen LogP) is 6.96. The molecule has 3 nitrogen and oxygen atoms in total. The summed E-state index contributed by atoms with van der Waals surface area (Å²) in [7, 11) is 0. The lowest BCUT2D eigenvalue weighted by Gasteiger charge is -2.19. The van der Waals surface area contributed by atoms with Crippen molar-refractivity contribution in [2.75, 3.05) is 17.7 Å². The van der Waals surface area contributed by atoms with Crippen LogP contribution >= 0.6 is 11.8 Å². The van der Waals surface area contributed by atoms with Crippen LogP contribution in [0.1, 0.15) is 30.0 Å². The lowest BCUT2D eigenvalue weighted by molar-refractivity contribution is -0.143. The normalized spacial score (nSPS) is 17.6. The van der Waals surface area contributed by atoms with Crippen LogP contribution in [-0.2, 0) is 12.4 Å². The van der Waals surface area contributed by atoms with E-state index in [-0.39, 0.29) is 30.6 Å². The lowest BCUT2D eigenvalue weighted by Crippen LogP contribution is -2.22. The maximum atomic E-state index is 13.5. The molecule has 0 aromatic heterocycles.